The molecule has 27 heavy (non-hydrogen) atoms. The van der Waals surface area contributed by atoms with Crippen molar-refractivity contribution in [3.05, 3.63) is 0 Å². The summed E-state index contributed by atoms with van der Waals surface area (Å²) in [5.74, 6) is 4.51. The Labute approximate surface area is 169 Å². The smallest absolute Gasteiger partial charge is 0.0703 e. The Bertz CT molecular complexity index is 526. The maximum absolute atomic E-state index is 11.5. The van der Waals surface area contributed by atoms with E-state index in [1.165, 1.54) is 77.0 Å². The predicted octanol–water partition coefficient (Wildman–Crippen LogP) is 7.37. The molecule has 0 bridgehead atoms. The fraction of sp³-hybridized carbons (Fsp3) is 1.00. The molecule has 4 saturated carbocycles. The third-order valence-corrected chi connectivity index (χ3v) is 10.5. The van der Waals surface area contributed by atoms with Crippen LogP contribution in [0.5, 0.6) is 0 Å². The molecular formula is C26H46O. The van der Waals surface area contributed by atoms with Crippen LogP contribution in [-0.2, 0) is 0 Å². The van der Waals surface area contributed by atoms with E-state index in [0.717, 1.165) is 42.4 Å². The molecule has 0 aromatic rings. The molecule has 0 heterocycles. The Hall–Kier alpha value is -0.0400. The molecule has 1 nitrogen and oxygen atoms in total. The first-order chi connectivity index (χ1) is 12.8. The summed E-state index contributed by atoms with van der Waals surface area (Å²) in [7, 11) is 0. The van der Waals surface area contributed by atoms with Gasteiger partial charge in [0.15, 0.2) is 0 Å². The Morgan fingerprint density at radius 1 is 0.852 bits per heavy atom. The van der Waals surface area contributed by atoms with E-state index in [1.807, 2.05) is 0 Å². The topological polar surface area (TPSA) is 20.2 Å². The van der Waals surface area contributed by atoms with Gasteiger partial charge in [0.2, 0.25) is 0 Å². The van der Waals surface area contributed by atoms with Crippen molar-refractivity contribution in [2.45, 2.75) is 123 Å². The lowest BCUT2D eigenvalue weighted by molar-refractivity contribution is -0.204. The van der Waals surface area contributed by atoms with Crippen LogP contribution in [-0.4, -0.2) is 10.7 Å². The molecule has 156 valence electrons. The molecule has 1 N–H and O–H groups in total. The minimum absolute atomic E-state index is 0.213. The van der Waals surface area contributed by atoms with Crippen molar-refractivity contribution in [1.29, 1.82) is 0 Å². The standard InChI is InChI=1S/C26H46O/c1-19(2)9-5-6-10-20-11-12-22-21-13-18-26(27)16-8-7-15-25(26,4)23(21)14-17-24(20,22)3/h19-23,27H,5-18H2,1-4H3/t20-,21-,22-,23-,24+,25+,26+/m0/s1. The van der Waals surface area contributed by atoms with Crippen LogP contribution in [0.4, 0.5) is 0 Å². The van der Waals surface area contributed by atoms with Crippen LogP contribution >= 0.6 is 0 Å². The molecule has 4 rings (SSSR count). The fourth-order valence-electron chi connectivity index (χ4n) is 8.78. The van der Waals surface area contributed by atoms with Crippen molar-refractivity contribution in [2.24, 2.45) is 40.4 Å². The third-order valence-electron chi connectivity index (χ3n) is 10.5. The summed E-state index contributed by atoms with van der Waals surface area (Å²) in [4.78, 5) is 0. The lowest BCUT2D eigenvalue weighted by Crippen LogP contribution is -2.61. The van der Waals surface area contributed by atoms with Crippen molar-refractivity contribution in [3.8, 4) is 0 Å². The van der Waals surface area contributed by atoms with Gasteiger partial charge in [0.05, 0.1) is 5.60 Å². The van der Waals surface area contributed by atoms with Crippen LogP contribution in [0.3, 0.4) is 0 Å². The Morgan fingerprint density at radius 2 is 1.63 bits per heavy atom. The predicted molar refractivity (Wildman–Crippen MR) is 115 cm³/mol. The van der Waals surface area contributed by atoms with E-state index in [4.69, 9.17) is 0 Å². The molecule has 1 heteroatoms. The van der Waals surface area contributed by atoms with E-state index in [-0.39, 0.29) is 11.0 Å². The zero-order valence-corrected chi connectivity index (χ0v) is 18.7. The second-order valence-corrected chi connectivity index (χ2v) is 12.1. The van der Waals surface area contributed by atoms with Gasteiger partial charge >= 0.3 is 0 Å². The molecule has 4 fully saturated rings. The first kappa shape index (κ1) is 20.2. The molecule has 4 aliphatic carbocycles. The summed E-state index contributed by atoms with van der Waals surface area (Å²) in [5.41, 5.74) is 0.485. The summed E-state index contributed by atoms with van der Waals surface area (Å²) in [6.45, 7) is 9.90. The van der Waals surface area contributed by atoms with Crippen LogP contribution < -0.4 is 0 Å². The highest BCUT2D eigenvalue weighted by molar-refractivity contribution is 5.13. The summed E-state index contributed by atoms with van der Waals surface area (Å²) < 4.78 is 0. The average molecular weight is 375 g/mol. The summed E-state index contributed by atoms with van der Waals surface area (Å²) >= 11 is 0. The number of unbranched alkanes of at least 4 members (excludes halogenated alkanes) is 1. The zero-order valence-electron chi connectivity index (χ0n) is 18.7. The van der Waals surface area contributed by atoms with Crippen molar-refractivity contribution in [3.63, 3.8) is 0 Å². The van der Waals surface area contributed by atoms with Gasteiger partial charge in [-0.1, -0.05) is 59.8 Å². The second-order valence-electron chi connectivity index (χ2n) is 12.1. The van der Waals surface area contributed by atoms with Gasteiger partial charge < -0.3 is 5.11 Å². The normalized spacial score (nSPS) is 49.6. The van der Waals surface area contributed by atoms with Gasteiger partial charge in [-0.05, 0) is 98.2 Å². The number of hydrogen-bond acceptors (Lipinski definition) is 1. The molecule has 7 atom stereocenters. The second kappa shape index (κ2) is 7.33. The fourth-order valence-corrected chi connectivity index (χ4v) is 8.78. The van der Waals surface area contributed by atoms with Crippen LogP contribution in [0.15, 0.2) is 0 Å². The molecule has 0 radical (unpaired) electrons. The molecule has 0 saturated heterocycles. The van der Waals surface area contributed by atoms with Crippen molar-refractivity contribution < 1.29 is 5.11 Å². The summed E-state index contributed by atoms with van der Waals surface area (Å²) in [6.07, 6.45) is 19.0. The highest BCUT2D eigenvalue weighted by Crippen LogP contribution is 2.68. The number of fused-ring (bicyclic) bond motifs is 5. The number of hydrogen-bond donors (Lipinski definition) is 1. The molecule has 0 aliphatic heterocycles. The third kappa shape index (κ3) is 3.23. The van der Waals surface area contributed by atoms with Gasteiger partial charge in [0.25, 0.3) is 0 Å². The molecule has 0 spiro atoms. The first-order valence-electron chi connectivity index (χ1n) is 12.5. The maximum atomic E-state index is 11.5. The SMILES string of the molecule is CC(C)CCCC[C@H]1CC[C@H]2[C@@H]3CC[C@]4(O)CCCC[C@]4(C)[C@H]3CC[C@]12C. The van der Waals surface area contributed by atoms with Crippen LogP contribution in [0.25, 0.3) is 0 Å². The van der Waals surface area contributed by atoms with Gasteiger partial charge in [-0.15, -0.1) is 0 Å². The summed E-state index contributed by atoms with van der Waals surface area (Å²) in [6, 6.07) is 0. The van der Waals surface area contributed by atoms with Crippen LogP contribution in [0.2, 0.25) is 0 Å². The van der Waals surface area contributed by atoms with E-state index in [0.29, 0.717) is 5.41 Å². The molecular weight excluding hydrogens is 328 g/mol. The van der Waals surface area contributed by atoms with E-state index < -0.39 is 0 Å². The van der Waals surface area contributed by atoms with Crippen LogP contribution in [0.1, 0.15) is 118 Å². The van der Waals surface area contributed by atoms with Gasteiger partial charge in [-0.2, -0.15) is 0 Å². The van der Waals surface area contributed by atoms with Gasteiger partial charge in [-0.3, -0.25) is 0 Å². The molecule has 0 unspecified atom stereocenters. The lowest BCUT2D eigenvalue weighted by Gasteiger charge is -2.63. The molecule has 0 aromatic heterocycles. The largest absolute Gasteiger partial charge is 0.389 e. The Balaban J connectivity index is 1.46. The average Bonchev–Trinajstić information content (AvgIpc) is 2.95. The maximum Gasteiger partial charge on any atom is 0.0703 e. The van der Waals surface area contributed by atoms with E-state index >= 15 is 0 Å². The molecule has 0 amide bonds. The highest BCUT2D eigenvalue weighted by Gasteiger charge is 2.63. The number of rotatable bonds is 5. The van der Waals surface area contributed by atoms with E-state index in [9.17, 15) is 5.11 Å². The molecule has 0 aromatic carbocycles. The Morgan fingerprint density at radius 3 is 2.41 bits per heavy atom. The lowest BCUT2D eigenvalue weighted by atomic mass is 9.43. The van der Waals surface area contributed by atoms with Crippen molar-refractivity contribution in [2.75, 3.05) is 0 Å². The van der Waals surface area contributed by atoms with Crippen LogP contribution in [0, 0.1) is 40.4 Å². The van der Waals surface area contributed by atoms with E-state index in [2.05, 4.69) is 27.7 Å². The zero-order chi connectivity index (χ0) is 19.3. The van der Waals surface area contributed by atoms with Gasteiger partial charge in [-0.25, -0.2) is 0 Å². The minimum Gasteiger partial charge on any atom is -0.389 e. The van der Waals surface area contributed by atoms with E-state index in [1.54, 1.807) is 0 Å². The highest BCUT2D eigenvalue weighted by atomic mass is 16.3. The van der Waals surface area contributed by atoms with Gasteiger partial charge in [0, 0.05) is 0 Å². The van der Waals surface area contributed by atoms with Crippen molar-refractivity contribution >= 4 is 0 Å². The quantitative estimate of drug-likeness (QED) is 0.498. The monoisotopic (exact) mass is 374 g/mol. The summed E-state index contributed by atoms with van der Waals surface area (Å²) in [5, 5.41) is 11.5. The Kier molecular flexibility index (Phi) is 5.50. The minimum atomic E-state index is -0.338. The van der Waals surface area contributed by atoms with Crippen molar-refractivity contribution in [1.82, 2.24) is 0 Å². The number of aliphatic hydroxyl groups is 1. The van der Waals surface area contributed by atoms with Gasteiger partial charge in [0.1, 0.15) is 0 Å². The molecule has 4 aliphatic rings. The first-order valence-corrected chi connectivity index (χ1v) is 12.5.